The van der Waals surface area contributed by atoms with Crippen molar-refractivity contribution >= 4 is 23.9 Å². The van der Waals surface area contributed by atoms with Crippen LogP contribution in [0.1, 0.15) is 67.2 Å². The number of rotatable bonds is 9. The van der Waals surface area contributed by atoms with Crippen LogP contribution in [0.4, 0.5) is 9.18 Å². The zero-order chi connectivity index (χ0) is 23.5. The van der Waals surface area contributed by atoms with Gasteiger partial charge in [-0.1, -0.05) is 6.92 Å². The summed E-state index contributed by atoms with van der Waals surface area (Å²) in [5.41, 5.74) is -3.78. The van der Waals surface area contributed by atoms with Crippen LogP contribution in [0.15, 0.2) is 0 Å². The molecule has 1 aliphatic rings. The van der Waals surface area contributed by atoms with Gasteiger partial charge in [0.1, 0.15) is 22.9 Å². The number of hydrogen-bond acceptors (Lipinski definition) is 6. The molecule has 1 rings (SSSR count). The fourth-order valence-corrected chi connectivity index (χ4v) is 2.81. The highest BCUT2D eigenvalue weighted by Crippen LogP contribution is 2.43. The van der Waals surface area contributed by atoms with Gasteiger partial charge in [-0.2, -0.15) is 0 Å². The van der Waals surface area contributed by atoms with Gasteiger partial charge >= 0.3 is 18.0 Å². The first-order valence-corrected chi connectivity index (χ1v) is 9.92. The maximum Gasteiger partial charge on any atom is 0.410 e. The van der Waals surface area contributed by atoms with Crippen LogP contribution in [0.5, 0.6) is 0 Å². The lowest BCUT2D eigenvalue weighted by Gasteiger charge is -2.30. The predicted molar refractivity (Wildman–Crippen MR) is 106 cm³/mol. The lowest BCUT2D eigenvalue weighted by atomic mass is 10.0. The number of carbonyl (C=O) groups is 4. The number of carbonyl (C=O) groups excluding carboxylic acids is 3. The molecule has 1 aliphatic carbocycles. The molecule has 0 aliphatic heterocycles. The van der Waals surface area contributed by atoms with E-state index in [2.05, 4.69) is 5.32 Å². The standard InChI is InChI=1S/C20H33FN2O7/c1-8-13(14(24)22-12(15(25)26)11-19(5,6)21)29-16(27)20(9-10-20)23(7)17(28)30-18(2,3)4/h12-13H,8-11H2,1-7H3,(H,22,24)(H,25,26). The van der Waals surface area contributed by atoms with Crippen molar-refractivity contribution in [3.8, 4) is 0 Å². The largest absolute Gasteiger partial charge is 0.480 e. The minimum Gasteiger partial charge on any atom is -0.480 e. The summed E-state index contributed by atoms with van der Waals surface area (Å²) in [6, 6.07) is -1.47. The average Bonchev–Trinajstić information content (AvgIpc) is 3.37. The maximum atomic E-state index is 13.8. The molecular formula is C20H33FN2O7. The number of alkyl halides is 1. The van der Waals surface area contributed by atoms with Gasteiger partial charge in [0, 0.05) is 13.5 Å². The summed E-state index contributed by atoms with van der Waals surface area (Å²) < 4.78 is 24.4. The van der Waals surface area contributed by atoms with E-state index in [4.69, 9.17) is 9.47 Å². The van der Waals surface area contributed by atoms with E-state index in [0.29, 0.717) is 12.8 Å². The summed E-state index contributed by atoms with van der Waals surface area (Å²) in [7, 11) is 1.42. The van der Waals surface area contributed by atoms with Crippen LogP contribution in [0.3, 0.4) is 0 Å². The van der Waals surface area contributed by atoms with Gasteiger partial charge in [-0.05, 0) is 53.9 Å². The number of nitrogens with one attached hydrogen (secondary N) is 1. The number of esters is 1. The Kier molecular flexibility index (Phi) is 7.85. The minimum atomic E-state index is -1.82. The number of likely N-dealkylation sites (N-methyl/N-ethyl adjacent to an activating group) is 1. The second kappa shape index (κ2) is 9.18. The second-order valence-corrected chi connectivity index (χ2v) is 9.20. The molecule has 1 saturated carbocycles. The third-order valence-corrected chi connectivity index (χ3v) is 4.63. The zero-order valence-electron chi connectivity index (χ0n) is 18.7. The van der Waals surface area contributed by atoms with Crippen molar-refractivity contribution in [2.75, 3.05) is 7.05 Å². The monoisotopic (exact) mass is 432 g/mol. The van der Waals surface area contributed by atoms with Gasteiger partial charge < -0.3 is 19.9 Å². The van der Waals surface area contributed by atoms with Crippen molar-refractivity contribution in [3.05, 3.63) is 0 Å². The van der Waals surface area contributed by atoms with Crippen LogP contribution in [0.2, 0.25) is 0 Å². The molecule has 0 radical (unpaired) electrons. The topological polar surface area (TPSA) is 122 Å². The average molecular weight is 432 g/mol. The normalized spacial score (nSPS) is 17.3. The lowest BCUT2D eigenvalue weighted by Crippen LogP contribution is -2.51. The van der Waals surface area contributed by atoms with Crippen LogP contribution in [-0.4, -0.2) is 69.9 Å². The van der Waals surface area contributed by atoms with Crippen LogP contribution in [0, 0.1) is 0 Å². The molecule has 172 valence electrons. The van der Waals surface area contributed by atoms with Gasteiger partial charge in [-0.15, -0.1) is 0 Å². The second-order valence-electron chi connectivity index (χ2n) is 9.20. The molecule has 0 saturated heterocycles. The molecule has 9 nitrogen and oxygen atoms in total. The molecule has 0 aromatic heterocycles. The van der Waals surface area contributed by atoms with Gasteiger partial charge in [0.05, 0.1) is 0 Å². The highest BCUT2D eigenvalue weighted by atomic mass is 19.1. The van der Waals surface area contributed by atoms with Crippen LogP contribution in [-0.2, 0) is 23.9 Å². The molecule has 0 aromatic rings. The van der Waals surface area contributed by atoms with E-state index in [9.17, 15) is 28.7 Å². The number of ether oxygens (including phenoxy) is 2. The Morgan fingerprint density at radius 1 is 1.17 bits per heavy atom. The Balaban J connectivity index is 2.83. The highest BCUT2D eigenvalue weighted by molar-refractivity contribution is 5.92. The molecule has 2 atom stereocenters. The zero-order valence-corrected chi connectivity index (χ0v) is 18.7. The molecule has 0 heterocycles. The summed E-state index contributed by atoms with van der Waals surface area (Å²) in [6.07, 6.45) is -1.61. The van der Waals surface area contributed by atoms with E-state index >= 15 is 0 Å². The van der Waals surface area contributed by atoms with Crippen LogP contribution >= 0.6 is 0 Å². The summed E-state index contributed by atoms with van der Waals surface area (Å²) in [5, 5.41) is 11.5. The van der Waals surface area contributed by atoms with E-state index in [1.807, 2.05) is 0 Å². The van der Waals surface area contributed by atoms with Crippen LogP contribution < -0.4 is 5.32 Å². The molecule has 30 heavy (non-hydrogen) atoms. The Bertz CT molecular complexity index is 678. The number of hydrogen-bond donors (Lipinski definition) is 2. The summed E-state index contributed by atoms with van der Waals surface area (Å²) in [5.74, 6) is -2.99. The molecule has 0 spiro atoms. The first kappa shape index (κ1) is 25.6. The lowest BCUT2D eigenvalue weighted by molar-refractivity contribution is -0.162. The predicted octanol–water partition coefficient (Wildman–Crippen LogP) is 2.42. The Morgan fingerprint density at radius 2 is 1.70 bits per heavy atom. The summed E-state index contributed by atoms with van der Waals surface area (Å²) in [6.45, 7) is 9.10. The van der Waals surface area contributed by atoms with Gasteiger partial charge in [0.2, 0.25) is 0 Å². The molecule has 0 bridgehead atoms. The molecule has 2 amide bonds. The molecule has 2 N–H and O–H groups in total. The van der Waals surface area contributed by atoms with Crippen molar-refractivity contribution < 1.29 is 38.1 Å². The molecule has 10 heteroatoms. The van der Waals surface area contributed by atoms with Crippen LogP contribution in [0.25, 0.3) is 0 Å². The Hall–Kier alpha value is -2.39. The number of aliphatic carboxylic acids is 1. The van der Waals surface area contributed by atoms with Gasteiger partial charge in [-0.25, -0.2) is 18.8 Å². The first-order valence-electron chi connectivity index (χ1n) is 9.92. The van der Waals surface area contributed by atoms with Crippen molar-refractivity contribution in [3.63, 3.8) is 0 Å². The van der Waals surface area contributed by atoms with E-state index in [0.717, 1.165) is 4.90 Å². The first-order chi connectivity index (χ1) is 13.5. The van der Waals surface area contributed by atoms with Crippen molar-refractivity contribution in [1.29, 1.82) is 0 Å². The maximum absolute atomic E-state index is 13.8. The summed E-state index contributed by atoms with van der Waals surface area (Å²) in [4.78, 5) is 50.0. The Morgan fingerprint density at radius 3 is 2.07 bits per heavy atom. The van der Waals surface area contributed by atoms with Crippen molar-refractivity contribution in [2.24, 2.45) is 0 Å². The third kappa shape index (κ3) is 7.14. The number of amides is 2. The summed E-state index contributed by atoms with van der Waals surface area (Å²) >= 11 is 0. The van der Waals surface area contributed by atoms with Crippen molar-refractivity contribution in [1.82, 2.24) is 10.2 Å². The van der Waals surface area contributed by atoms with Gasteiger partial charge in [0.25, 0.3) is 5.91 Å². The molecule has 2 unspecified atom stereocenters. The van der Waals surface area contributed by atoms with E-state index in [1.54, 1.807) is 27.7 Å². The Labute approximate surface area is 176 Å². The fourth-order valence-electron chi connectivity index (χ4n) is 2.81. The smallest absolute Gasteiger partial charge is 0.410 e. The number of nitrogens with zero attached hydrogens (tertiary/aromatic N) is 1. The third-order valence-electron chi connectivity index (χ3n) is 4.63. The van der Waals surface area contributed by atoms with E-state index in [-0.39, 0.29) is 6.42 Å². The molecule has 0 aromatic carbocycles. The van der Waals surface area contributed by atoms with E-state index in [1.165, 1.54) is 20.9 Å². The van der Waals surface area contributed by atoms with Gasteiger partial charge in [-0.3, -0.25) is 9.69 Å². The number of carboxylic acids is 1. The van der Waals surface area contributed by atoms with Crippen molar-refractivity contribution in [2.45, 2.75) is 96.2 Å². The molecule has 1 fully saturated rings. The molecular weight excluding hydrogens is 399 g/mol. The number of carboxylic acid groups (broad SMARTS) is 1. The minimum absolute atomic E-state index is 0.0785. The number of halogens is 1. The quantitative estimate of drug-likeness (QED) is 0.537. The fraction of sp³-hybridized carbons (Fsp3) is 0.800. The van der Waals surface area contributed by atoms with Gasteiger partial charge in [0.15, 0.2) is 6.10 Å². The van der Waals surface area contributed by atoms with E-state index < -0.39 is 59.3 Å². The SMILES string of the molecule is CCC(OC(=O)C1(N(C)C(=O)OC(C)(C)C)CC1)C(=O)NC(CC(C)(C)F)C(=O)O. The highest BCUT2D eigenvalue weighted by Gasteiger charge is 2.58.